The van der Waals surface area contributed by atoms with E-state index in [4.69, 9.17) is 18.0 Å². The lowest BCUT2D eigenvalue weighted by molar-refractivity contribution is 0.187. The van der Waals surface area contributed by atoms with Crippen LogP contribution in [0.25, 0.3) is 0 Å². The number of nitrogens with zero attached hydrogens (tertiary/aromatic N) is 3. The summed E-state index contributed by atoms with van der Waals surface area (Å²) >= 11 is 5.00. The first-order chi connectivity index (χ1) is 9.74. The first kappa shape index (κ1) is 13.8. The van der Waals surface area contributed by atoms with Crippen molar-refractivity contribution >= 4 is 23.0 Å². The number of thiocarbonyl (C=S) groups is 1. The smallest absolute Gasteiger partial charge is 0.129 e. The maximum absolute atomic E-state index is 5.66. The van der Waals surface area contributed by atoms with E-state index in [1.54, 1.807) is 0 Å². The number of aromatic nitrogens is 1. The lowest BCUT2D eigenvalue weighted by Gasteiger charge is -2.38. The molecule has 2 fully saturated rings. The quantitative estimate of drug-likeness (QED) is 0.860. The van der Waals surface area contributed by atoms with E-state index in [0.717, 1.165) is 43.7 Å². The lowest BCUT2D eigenvalue weighted by Crippen LogP contribution is -2.50. The van der Waals surface area contributed by atoms with Crippen molar-refractivity contribution in [1.82, 2.24) is 9.88 Å². The van der Waals surface area contributed by atoms with Crippen molar-refractivity contribution in [3.05, 3.63) is 23.9 Å². The zero-order chi connectivity index (χ0) is 13.9. The highest BCUT2D eigenvalue weighted by Crippen LogP contribution is 2.25. The fourth-order valence-electron chi connectivity index (χ4n) is 3.32. The van der Waals surface area contributed by atoms with Gasteiger partial charge in [-0.1, -0.05) is 31.1 Å². The van der Waals surface area contributed by atoms with Crippen LogP contribution in [0, 0.1) is 0 Å². The summed E-state index contributed by atoms with van der Waals surface area (Å²) in [7, 11) is 0. The summed E-state index contributed by atoms with van der Waals surface area (Å²) in [4.78, 5) is 9.93. The van der Waals surface area contributed by atoms with Gasteiger partial charge >= 0.3 is 0 Å². The van der Waals surface area contributed by atoms with Crippen molar-refractivity contribution in [2.24, 2.45) is 5.73 Å². The summed E-state index contributed by atoms with van der Waals surface area (Å²) in [6, 6.07) is 6.74. The molecule has 1 aliphatic carbocycles. The average Bonchev–Trinajstić information content (AvgIpc) is 3.02. The Morgan fingerprint density at radius 2 is 1.85 bits per heavy atom. The van der Waals surface area contributed by atoms with Crippen LogP contribution >= 0.6 is 12.2 Å². The van der Waals surface area contributed by atoms with Crippen molar-refractivity contribution in [3.8, 4) is 0 Å². The Labute approximate surface area is 126 Å². The highest BCUT2D eigenvalue weighted by Gasteiger charge is 2.26. The highest BCUT2D eigenvalue weighted by molar-refractivity contribution is 7.80. The van der Waals surface area contributed by atoms with Gasteiger partial charge in [-0.25, -0.2) is 4.98 Å². The number of anilines is 1. The molecule has 0 spiro atoms. The number of hydrogen-bond donors (Lipinski definition) is 1. The third kappa shape index (κ3) is 2.94. The third-order valence-corrected chi connectivity index (χ3v) is 4.68. The minimum atomic E-state index is 0.372. The molecule has 5 heteroatoms. The Kier molecular flexibility index (Phi) is 4.17. The molecule has 1 saturated carbocycles. The summed E-state index contributed by atoms with van der Waals surface area (Å²) in [5.41, 5.74) is 6.38. The topological polar surface area (TPSA) is 45.4 Å². The van der Waals surface area contributed by atoms with E-state index in [2.05, 4.69) is 14.8 Å². The zero-order valence-electron chi connectivity index (χ0n) is 11.8. The van der Waals surface area contributed by atoms with Crippen LogP contribution in [0.3, 0.4) is 0 Å². The monoisotopic (exact) mass is 290 g/mol. The molecule has 0 bridgehead atoms. The molecule has 2 aliphatic rings. The van der Waals surface area contributed by atoms with E-state index in [9.17, 15) is 0 Å². The summed E-state index contributed by atoms with van der Waals surface area (Å²) in [6.07, 6.45) is 5.58. The van der Waals surface area contributed by atoms with Crippen LogP contribution in [0.4, 0.5) is 5.82 Å². The molecule has 20 heavy (non-hydrogen) atoms. The SMILES string of the molecule is NC(=S)c1cccc(N2CCN(C3CCCC3)CC2)n1. The average molecular weight is 290 g/mol. The molecule has 2 heterocycles. The Hall–Kier alpha value is -1.20. The van der Waals surface area contributed by atoms with E-state index in [1.807, 2.05) is 18.2 Å². The maximum atomic E-state index is 5.66. The summed E-state index contributed by atoms with van der Waals surface area (Å²) < 4.78 is 0. The molecule has 0 amide bonds. The number of hydrogen-bond acceptors (Lipinski definition) is 4. The molecule has 0 aromatic carbocycles. The minimum Gasteiger partial charge on any atom is -0.388 e. The molecule has 0 radical (unpaired) electrons. The number of rotatable bonds is 3. The van der Waals surface area contributed by atoms with Crippen molar-refractivity contribution in [2.75, 3.05) is 31.1 Å². The number of piperazine rings is 1. The van der Waals surface area contributed by atoms with Crippen LogP contribution in [0.1, 0.15) is 31.4 Å². The van der Waals surface area contributed by atoms with Gasteiger partial charge in [0, 0.05) is 32.2 Å². The zero-order valence-corrected chi connectivity index (χ0v) is 12.6. The van der Waals surface area contributed by atoms with Crippen molar-refractivity contribution in [2.45, 2.75) is 31.7 Å². The highest BCUT2D eigenvalue weighted by atomic mass is 32.1. The van der Waals surface area contributed by atoms with Gasteiger partial charge in [0.25, 0.3) is 0 Å². The van der Waals surface area contributed by atoms with Crippen LogP contribution in [0.2, 0.25) is 0 Å². The van der Waals surface area contributed by atoms with E-state index < -0.39 is 0 Å². The maximum Gasteiger partial charge on any atom is 0.129 e. The van der Waals surface area contributed by atoms with E-state index >= 15 is 0 Å². The summed E-state index contributed by atoms with van der Waals surface area (Å²) in [5, 5.41) is 0. The van der Waals surface area contributed by atoms with Gasteiger partial charge in [0.2, 0.25) is 0 Å². The van der Waals surface area contributed by atoms with Gasteiger partial charge in [0.05, 0.1) is 5.69 Å². The predicted molar refractivity (Wildman–Crippen MR) is 86.2 cm³/mol. The number of nitrogens with two attached hydrogens (primary N) is 1. The van der Waals surface area contributed by atoms with E-state index in [-0.39, 0.29) is 0 Å². The molecule has 3 rings (SSSR count). The summed E-state index contributed by atoms with van der Waals surface area (Å²) in [6.45, 7) is 4.38. The van der Waals surface area contributed by atoms with Gasteiger partial charge in [0.1, 0.15) is 10.8 Å². The van der Waals surface area contributed by atoms with Gasteiger partial charge in [-0.3, -0.25) is 4.90 Å². The van der Waals surface area contributed by atoms with E-state index in [1.165, 1.54) is 25.7 Å². The minimum absolute atomic E-state index is 0.372. The fourth-order valence-corrected chi connectivity index (χ4v) is 3.44. The van der Waals surface area contributed by atoms with Crippen LogP contribution in [0.5, 0.6) is 0 Å². The van der Waals surface area contributed by atoms with Gasteiger partial charge in [-0.05, 0) is 25.0 Å². The van der Waals surface area contributed by atoms with Crippen molar-refractivity contribution in [3.63, 3.8) is 0 Å². The Morgan fingerprint density at radius 3 is 2.50 bits per heavy atom. The Morgan fingerprint density at radius 1 is 1.15 bits per heavy atom. The largest absolute Gasteiger partial charge is 0.388 e. The van der Waals surface area contributed by atoms with Crippen molar-refractivity contribution in [1.29, 1.82) is 0 Å². The molecule has 1 aliphatic heterocycles. The summed E-state index contributed by atoms with van der Waals surface area (Å²) in [5.74, 6) is 1.00. The van der Waals surface area contributed by atoms with Crippen LogP contribution in [-0.2, 0) is 0 Å². The molecule has 4 nitrogen and oxygen atoms in total. The molecule has 0 atom stereocenters. The second-order valence-corrected chi connectivity index (χ2v) is 6.15. The second kappa shape index (κ2) is 6.06. The third-order valence-electron chi connectivity index (χ3n) is 4.47. The predicted octanol–water partition coefficient (Wildman–Crippen LogP) is 1.78. The molecular weight excluding hydrogens is 268 g/mol. The Bertz CT molecular complexity index is 477. The fraction of sp³-hybridized carbons (Fsp3) is 0.600. The molecule has 0 unspecified atom stereocenters. The molecule has 1 saturated heterocycles. The lowest BCUT2D eigenvalue weighted by atomic mass is 10.2. The Balaban J connectivity index is 1.62. The molecule has 1 aromatic rings. The van der Waals surface area contributed by atoms with Crippen LogP contribution in [-0.4, -0.2) is 47.1 Å². The van der Waals surface area contributed by atoms with Crippen molar-refractivity contribution < 1.29 is 0 Å². The van der Waals surface area contributed by atoms with Gasteiger partial charge in [-0.15, -0.1) is 0 Å². The first-order valence-electron chi connectivity index (χ1n) is 7.50. The van der Waals surface area contributed by atoms with Gasteiger partial charge in [-0.2, -0.15) is 0 Å². The van der Waals surface area contributed by atoms with Crippen LogP contribution < -0.4 is 10.6 Å². The standard InChI is InChI=1S/C15H22N4S/c16-15(20)13-6-3-7-14(17-13)19-10-8-18(9-11-19)12-4-1-2-5-12/h3,6-7,12H,1-2,4-5,8-11H2,(H2,16,20). The number of pyridine rings is 1. The van der Waals surface area contributed by atoms with Crippen LogP contribution in [0.15, 0.2) is 18.2 Å². The van der Waals surface area contributed by atoms with Gasteiger partial charge in [0.15, 0.2) is 0 Å². The molecule has 2 N–H and O–H groups in total. The molecule has 1 aromatic heterocycles. The van der Waals surface area contributed by atoms with E-state index in [0.29, 0.717) is 4.99 Å². The normalized spacial score (nSPS) is 21.3. The molecular formula is C15H22N4S. The van der Waals surface area contributed by atoms with Gasteiger partial charge < -0.3 is 10.6 Å². The first-order valence-corrected chi connectivity index (χ1v) is 7.91. The molecule has 108 valence electrons. The second-order valence-electron chi connectivity index (χ2n) is 5.71.